The van der Waals surface area contributed by atoms with Gasteiger partial charge in [0, 0.05) is 36.6 Å². The lowest BCUT2D eigenvalue weighted by Gasteiger charge is -2.36. The van der Waals surface area contributed by atoms with Crippen molar-refractivity contribution < 1.29 is 28.2 Å². The number of imidazole rings is 1. The number of carbonyl (C=O) groups is 1. The smallest absolute Gasteiger partial charge is 0.386 e. The molecule has 0 bridgehead atoms. The summed E-state index contributed by atoms with van der Waals surface area (Å²) in [7, 11) is 0. The highest BCUT2D eigenvalue weighted by Gasteiger charge is 2.57. The van der Waals surface area contributed by atoms with Crippen LogP contribution in [0.2, 0.25) is 0 Å². The van der Waals surface area contributed by atoms with Crippen LogP contribution < -0.4 is 0 Å². The zero-order valence-electron chi connectivity index (χ0n) is 17.1. The fourth-order valence-corrected chi connectivity index (χ4v) is 3.66. The highest BCUT2D eigenvalue weighted by molar-refractivity contribution is 5.85. The molecule has 0 unspecified atom stereocenters. The van der Waals surface area contributed by atoms with Gasteiger partial charge in [-0.3, -0.25) is 4.79 Å². The molecule has 1 aliphatic rings. The number of nitrogens with zero attached hydrogens (tertiary/aromatic N) is 3. The first-order valence-corrected chi connectivity index (χ1v) is 9.76. The Morgan fingerprint density at radius 1 is 1.07 bits per heavy atom. The monoisotopic (exact) mass is 425 g/mol. The lowest BCUT2D eigenvalue weighted by molar-refractivity contribution is -0.250. The van der Waals surface area contributed by atoms with Gasteiger partial charge in [-0.25, -0.2) is 4.98 Å². The Morgan fingerprint density at radius 3 is 2.13 bits per heavy atom. The van der Waals surface area contributed by atoms with E-state index in [2.05, 4.69) is 4.98 Å². The van der Waals surface area contributed by atoms with Crippen LogP contribution in [-0.4, -0.2) is 55.4 Å². The van der Waals surface area contributed by atoms with Crippen molar-refractivity contribution in [1.82, 2.24) is 14.5 Å². The molecule has 1 aromatic heterocycles. The molecule has 30 heavy (non-hydrogen) atoms. The van der Waals surface area contributed by atoms with Gasteiger partial charge in [0.1, 0.15) is 0 Å². The third kappa shape index (κ3) is 4.22. The van der Waals surface area contributed by atoms with Crippen LogP contribution in [0.15, 0.2) is 36.8 Å². The molecule has 2 N–H and O–H groups in total. The van der Waals surface area contributed by atoms with Crippen LogP contribution in [0.3, 0.4) is 0 Å². The third-order valence-electron chi connectivity index (χ3n) is 5.69. The summed E-state index contributed by atoms with van der Waals surface area (Å²) in [5.41, 5.74) is -1.80. The standard InChI is InChI=1S/C21H26F3N3O3/c1-19(2,29)15-4-6-16(7-5-15)27-13-25-12-17(27)14-8-10-26(11-9-14)18(28)20(3,30)21(22,23)24/h4-7,12-14,29-30H,8-11H2,1-3H3/t20-/m1/s1. The molecule has 0 radical (unpaired) electrons. The van der Waals surface area contributed by atoms with E-state index in [1.165, 1.54) is 0 Å². The van der Waals surface area contributed by atoms with Crippen LogP contribution in [0.25, 0.3) is 5.69 Å². The second-order valence-corrected chi connectivity index (χ2v) is 8.43. The van der Waals surface area contributed by atoms with Crippen molar-refractivity contribution >= 4 is 5.91 Å². The van der Waals surface area contributed by atoms with Crippen LogP contribution in [0.4, 0.5) is 13.2 Å². The minimum atomic E-state index is -5.02. The van der Waals surface area contributed by atoms with Crippen molar-refractivity contribution in [2.45, 2.75) is 56.9 Å². The normalized spacial score (nSPS) is 18.3. The van der Waals surface area contributed by atoms with Crippen molar-refractivity contribution in [2.24, 2.45) is 0 Å². The van der Waals surface area contributed by atoms with E-state index >= 15 is 0 Å². The molecule has 2 heterocycles. The lowest BCUT2D eigenvalue weighted by atomic mass is 9.92. The lowest BCUT2D eigenvalue weighted by Crippen LogP contribution is -2.57. The minimum Gasteiger partial charge on any atom is -0.386 e. The number of halogens is 3. The van der Waals surface area contributed by atoms with Crippen molar-refractivity contribution in [3.05, 3.63) is 48.0 Å². The van der Waals surface area contributed by atoms with Gasteiger partial charge in [0.2, 0.25) is 5.60 Å². The summed E-state index contributed by atoms with van der Waals surface area (Å²) >= 11 is 0. The van der Waals surface area contributed by atoms with Gasteiger partial charge in [-0.1, -0.05) is 12.1 Å². The summed E-state index contributed by atoms with van der Waals surface area (Å²) in [6, 6.07) is 7.41. The van der Waals surface area contributed by atoms with Gasteiger partial charge in [-0.05, 0) is 51.3 Å². The molecule has 1 amide bonds. The summed E-state index contributed by atoms with van der Waals surface area (Å²) < 4.78 is 40.8. The Morgan fingerprint density at radius 2 is 1.63 bits per heavy atom. The van der Waals surface area contributed by atoms with Crippen molar-refractivity contribution in [2.75, 3.05) is 13.1 Å². The number of hydrogen-bond acceptors (Lipinski definition) is 4. The maximum absolute atomic E-state index is 13.0. The zero-order chi connectivity index (χ0) is 22.3. The van der Waals surface area contributed by atoms with Crippen molar-refractivity contribution in [3.63, 3.8) is 0 Å². The summed E-state index contributed by atoms with van der Waals surface area (Å²) in [6.07, 6.45) is -0.701. The number of rotatable bonds is 4. The number of amides is 1. The molecule has 0 spiro atoms. The fourth-order valence-electron chi connectivity index (χ4n) is 3.66. The maximum atomic E-state index is 13.0. The van der Waals surface area contributed by atoms with Gasteiger partial charge in [-0.2, -0.15) is 13.2 Å². The van der Waals surface area contributed by atoms with Gasteiger partial charge < -0.3 is 19.7 Å². The van der Waals surface area contributed by atoms with Crippen LogP contribution in [0.1, 0.15) is 50.8 Å². The Labute approximate surface area is 173 Å². The highest BCUT2D eigenvalue weighted by Crippen LogP contribution is 2.35. The van der Waals surface area contributed by atoms with Gasteiger partial charge >= 0.3 is 6.18 Å². The van der Waals surface area contributed by atoms with E-state index in [1.54, 1.807) is 26.4 Å². The number of hydrogen-bond donors (Lipinski definition) is 2. The summed E-state index contributed by atoms with van der Waals surface area (Å²) in [4.78, 5) is 17.5. The predicted octanol–water partition coefficient (Wildman–Crippen LogP) is 3.12. The molecule has 164 valence electrons. The topological polar surface area (TPSA) is 78.6 Å². The molecule has 6 nitrogen and oxygen atoms in total. The van der Waals surface area contributed by atoms with Gasteiger partial charge in [0.25, 0.3) is 5.91 Å². The van der Waals surface area contributed by atoms with E-state index in [4.69, 9.17) is 0 Å². The molecule has 3 rings (SSSR count). The zero-order valence-corrected chi connectivity index (χ0v) is 17.1. The van der Waals surface area contributed by atoms with E-state index in [0.29, 0.717) is 19.8 Å². The number of carbonyl (C=O) groups excluding carboxylic acids is 1. The molecule has 0 saturated carbocycles. The fraction of sp³-hybridized carbons (Fsp3) is 0.524. The minimum absolute atomic E-state index is 0.0151. The average molecular weight is 425 g/mol. The van der Waals surface area contributed by atoms with E-state index in [1.807, 2.05) is 28.8 Å². The number of aliphatic hydroxyl groups is 2. The molecule has 1 saturated heterocycles. The Hall–Kier alpha value is -2.39. The van der Waals surface area contributed by atoms with Crippen molar-refractivity contribution in [1.29, 1.82) is 0 Å². The van der Waals surface area contributed by atoms with Crippen LogP contribution >= 0.6 is 0 Å². The molecule has 1 atom stereocenters. The van der Waals surface area contributed by atoms with Crippen LogP contribution in [0.5, 0.6) is 0 Å². The SMILES string of the molecule is CC(C)(O)c1ccc(-n2cncc2C2CCN(C(=O)[C@@](C)(O)C(F)(F)F)CC2)cc1. The van der Waals surface area contributed by atoms with E-state index in [-0.39, 0.29) is 19.0 Å². The van der Waals surface area contributed by atoms with E-state index in [0.717, 1.165) is 21.8 Å². The second kappa shape index (κ2) is 7.70. The number of aromatic nitrogens is 2. The first-order chi connectivity index (χ1) is 13.8. The number of benzene rings is 1. The van der Waals surface area contributed by atoms with E-state index < -0.39 is 23.3 Å². The number of likely N-dealkylation sites (tertiary alicyclic amines) is 1. The molecule has 0 aliphatic carbocycles. The first-order valence-electron chi connectivity index (χ1n) is 9.76. The van der Waals surface area contributed by atoms with Crippen molar-refractivity contribution in [3.8, 4) is 5.69 Å². The van der Waals surface area contributed by atoms with Crippen LogP contribution in [0, 0.1) is 0 Å². The largest absolute Gasteiger partial charge is 0.426 e. The molecular weight excluding hydrogens is 399 g/mol. The molecule has 1 aromatic carbocycles. The van der Waals surface area contributed by atoms with Gasteiger partial charge in [0.05, 0.1) is 11.9 Å². The van der Waals surface area contributed by atoms with Gasteiger partial charge in [-0.15, -0.1) is 0 Å². The summed E-state index contributed by atoms with van der Waals surface area (Å²) in [5, 5.41) is 19.8. The Bertz CT molecular complexity index is 891. The Balaban J connectivity index is 1.72. The van der Waals surface area contributed by atoms with Gasteiger partial charge in [0.15, 0.2) is 0 Å². The number of piperidine rings is 1. The summed E-state index contributed by atoms with van der Waals surface area (Å²) in [6.45, 7) is 4.15. The number of alkyl halides is 3. The van der Waals surface area contributed by atoms with E-state index in [9.17, 15) is 28.2 Å². The third-order valence-corrected chi connectivity index (χ3v) is 5.69. The summed E-state index contributed by atoms with van der Waals surface area (Å²) in [5.74, 6) is -1.30. The average Bonchev–Trinajstić information content (AvgIpc) is 3.16. The maximum Gasteiger partial charge on any atom is 0.426 e. The predicted molar refractivity (Wildman–Crippen MR) is 104 cm³/mol. The molecule has 1 aliphatic heterocycles. The Kier molecular flexibility index (Phi) is 5.72. The molecule has 1 fully saturated rings. The second-order valence-electron chi connectivity index (χ2n) is 8.43. The molecule has 2 aromatic rings. The molecule has 9 heteroatoms. The molecular formula is C21H26F3N3O3. The first kappa shape index (κ1) is 22.3. The quantitative estimate of drug-likeness (QED) is 0.789. The van der Waals surface area contributed by atoms with Crippen LogP contribution in [-0.2, 0) is 10.4 Å². The highest BCUT2D eigenvalue weighted by atomic mass is 19.4.